The van der Waals surface area contributed by atoms with Crippen molar-refractivity contribution >= 4 is 0 Å². The number of hydrogen-bond acceptors (Lipinski definition) is 5. The van der Waals surface area contributed by atoms with Crippen molar-refractivity contribution in [3.8, 4) is 0 Å². The van der Waals surface area contributed by atoms with Crippen molar-refractivity contribution in [1.29, 1.82) is 0 Å². The van der Waals surface area contributed by atoms with Gasteiger partial charge in [0.25, 0.3) is 0 Å². The molecule has 0 aliphatic carbocycles. The van der Waals surface area contributed by atoms with Crippen molar-refractivity contribution in [1.82, 2.24) is 15.0 Å². The largest absolute Gasteiger partial charge is 0.471 e. The summed E-state index contributed by atoms with van der Waals surface area (Å²) in [6.07, 6.45) is -4.57. The van der Waals surface area contributed by atoms with Gasteiger partial charge in [-0.1, -0.05) is 5.16 Å². The number of aromatic nitrogens is 2. The van der Waals surface area contributed by atoms with E-state index in [-0.39, 0.29) is 12.4 Å². The van der Waals surface area contributed by atoms with E-state index in [0.29, 0.717) is 26.3 Å². The highest BCUT2D eigenvalue weighted by Gasteiger charge is 2.38. The Balaban J connectivity index is 1.97. The molecule has 5 nitrogen and oxygen atoms in total. The third kappa shape index (κ3) is 2.70. The first-order valence-corrected chi connectivity index (χ1v) is 4.75. The molecular formula is C8H10F3N3O2. The monoisotopic (exact) mass is 237 g/mol. The fraction of sp³-hybridized carbons (Fsp3) is 0.750. The molecule has 2 rings (SSSR count). The van der Waals surface area contributed by atoms with Crippen molar-refractivity contribution in [2.24, 2.45) is 0 Å². The maximum atomic E-state index is 12.1. The second-order valence-electron chi connectivity index (χ2n) is 3.40. The molecule has 1 aliphatic heterocycles. The standard InChI is InChI=1S/C8H10F3N3O2/c9-8(10,11)7-12-6(13-16-7)5-14-1-3-15-4-2-14/h1-5H2. The Morgan fingerprint density at radius 2 is 1.94 bits per heavy atom. The summed E-state index contributed by atoms with van der Waals surface area (Å²) >= 11 is 0. The van der Waals surface area contributed by atoms with E-state index in [0.717, 1.165) is 0 Å². The lowest BCUT2D eigenvalue weighted by Gasteiger charge is -2.24. The SMILES string of the molecule is FC(F)(F)c1nc(CN2CCOCC2)no1. The van der Waals surface area contributed by atoms with Crippen LogP contribution in [0.2, 0.25) is 0 Å². The summed E-state index contributed by atoms with van der Waals surface area (Å²) in [7, 11) is 0. The first-order valence-electron chi connectivity index (χ1n) is 4.75. The average Bonchev–Trinajstić information content (AvgIpc) is 2.67. The summed E-state index contributed by atoms with van der Waals surface area (Å²) in [5, 5.41) is 3.29. The Hall–Kier alpha value is -1.15. The molecule has 1 aromatic heterocycles. The Morgan fingerprint density at radius 3 is 2.50 bits per heavy atom. The fourth-order valence-corrected chi connectivity index (χ4v) is 1.39. The lowest BCUT2D eigenvalue weighted by Crippen LogP contribution is -2.35. The zero-order valence-electron chi connectivity index (χ0n) is 8.33. The summed E-state index contributed by atoms with van der Waals surface area (Å²) in [4.78, 5) is 5.20. The minimum Gasteiger partial charge on any atom is -0.379 e. The molecule has 0 amide bonds. The fourth-order valence-electron chi connectivity index (χ4n) is 1.39. The first-order chi connectivity index (χ1) is 7.55. The van der Waals surface area contributed by atoms with E-state index in [2.05, 4.69) is 14.7 Å². The van der Waals surface area contributed by atoms with E-state index < -0.39 is 12.1 Å². The topological polar surface area (TPSA) is 51.4 Å². The molecule has 90 valence electrons. The van der Waals surface area contributed by atoms with E-state index >= 15 is 0 Å². The molecule has 0 spiro atoms. The van der Waals surface area contributed by atoms with Crippen LogP contribution in [0.1, 0.15) is 11.7 Å². The maximum Gasteiger partial charge on any atom is 0.471 e. The molecule has 1 fully saturated rings. The van der Waals surface area contributed by atoms with E-state index in [1.807, 2.05) is 4.90 Å². The van der Waals surface area contributed by atoms with Crippen LogP contribution in [0.5, 0.6) is 0 Å². The van der Waals surface area contributed by atoms with Gasteiger partial charge in [-0.3, -0.25) is 4.90 Å². The normalized spacial score (nSPS) is 18.9. The summed E-state index contributed by atoms with van der Waals surface area (Å²) in [5.74, 6) is -1.25. The molecule has 0 radical (unpaired) electrons. The number of ether oxygens (including phenoxy) is 1. The molecule has 16 heavy (non-hydrogen) atoms. The lowest BCUT2D eigenvalue weighted by molar-refractivity contribution is -0.159. The van der Waals surface area contributed by atoms with Crippen LogP contribution in [0, 0.1) is 0 Å². The third-order valence-corrected chi connectivity index (χ3v) is 2.18. The second kappa shape index (κ2) is 4.38. The summed E-state index contributed by atoms with van der Waals surface area (Å²) in [6.45, 7) is 2.72. The van der Waals surface area contributed by atoms with Crippen LogP contribution in [0.25, 0.3) is 0 Å². The van der Waals surface area contributed by atoms with Crippen LogP contribution >= 0.6 is 0 Å². The average molecular weight is 237 g/mol. The zero-order chi connectivity index (χ0) is 11.6. The molecule has 0 bridgehead atoms. The molecule has 8 heteroatoms. The van der Waals surface area contributed by atoms with Crippen LogP contribution in [0.3, 0.4) is 0 Å². The van der Waals surface area contributed by atoms with Crippen molar-refractivity contribution in [3.63, 3.8) is 0 Å². The number of alkyl halides is 3. The molecule has 0 saturated carbocycles. The summed E-state index contributed by atoms with van der Waals surface area (Å²) < 4.78 is 45.7. The van der Waals surface area contributed by atoms with E-state index in [1.54, 1.807) is 0 Å². The predicted molar refractivity (Wildman–Crippen MR) is 45.4 cm³/mol. The smallest absolute Gasteiger partial charge is 0.379 e. The molecule has 0 unspecified atom stereocenters. The predicted octanol–water partition coefficient (Wildman–Crippen LogP) is 0.921. The lowest BCUT2D eigenvalue weighted by atomic mass is 10.4. The third-order valence-electron chi connectivity index (χ3n) is 2.18. The van der Waals surface area contributed by atoms with Gasteiger partial charge in [-0.25, -0.2) is 0 Å². The van der Waals surface area contributed by atoms with Gasteiger partial charge in [0, 0.05) is 13.1 Å². The maximum absolute atomic E-state index is 12.1. The van der Waals surface area contributed by atoms with Gasteiger partial charge in [-0.05, 0) is 0 Å². The molecule has 1 aromatic rings. The van der Waals surface area contributed by atoms with Crippen molar-refractivity contribution in [2.75, 3.05) is 26.3 Å². The Labute approximate surface area is 89.2 Å². The number of rotatable bonds is 2. The number of morpholine rings is 1. The van der Waals surface area contributed by atoms with Crippen molar-refractivity contribution in [3.05, 3.63) is 11.7 Å². The van der Waals surface area contributed by atoms with E-state index in [9.17, 15) is 13.2 Å². The summed E-state index contributed by atoms with van der Waals surface area (Å²) in [6, 6.07) is 0. The van der Waals surface area contributed by atoms with Gasteiger partial charge in [0.1, 0.15) is 0 Å². The van der Waals surface area contributed by atoms with Gasteiger partial charge >= 0.3 is 12.1 Å². The molecular weight excluding hydrogens is 227 g/mol. The van der Waals surface area contributed by atoms with Gasteiger partial charge in [-0.2, -0.15) is 18.2 Å². The van der Waals surface area contributed by atoms with Crippen molar-refractivity contribution in [2.45, 2.75) is 12.7 Å². The molecule has 0 aromatic carbocycles. The van der Waals surface area contributed by atoms with Gasteiger partial charge in [0.2, 0.25) is 0 Å². The van der Waals surface area contributed by atoms with Gasteiger partial charge in [0.05, 0.1) is 19.8 Å². The Kier molecular flexibility index (Phi) is 3.10. The number of halogens is 3. The van der Waals surface area contributed by atoms with E-state index in [4.69, 9.17) is 4.74 Å². The molecule has 2 heterocycles. The highest BCUT2D eigenvalue weighted by Crippen LogP contribution is 2.27. The van der Waals surface area contributed by atoms with Gasteiger partial charge in [0.15, 0.2) is 5.82 Å². The van der Waals surface area contributed by atoms with Gasteiger partial charge < -0.3 is 9.26 Å². The minimum absolute atomic E-state index is 0.0502. The first kappa shape index (κ1) is 11.3. The quantitative estimate of drug-likeness (QED) is 0.765. The highest BCUT2D eigenvalue weighted by molar-refractivity contribution is 4.90. The molecule has 1 saturated heterocycles. The molecule has 0 N–H and O–H groups in total. The molecule has 0 atom stereocenters. The Bertz CT molecular complexity index is 347. The minimum atomic E-state index is -4.57. The Morgan fingerprint density at radius 1 is 1.25 bits per heavy atom. The van der Waals surface area contributed by atoms with E-state index in [1.165, 1.54) is 0 Å². The molecule has 1 aliphatic rings. The number of hydrogen-bond donors (Lipinski definition) is 0. The van der Waals surface area contributed by atoms with Crippen LogP contribution in [0.4, 0.5) is 13.2 Å². The van der Waals surface area contributed by atoms with Gasteiger partial charge in [-0.15, -0.1) is 0 Å². The van der Waals surface area contributed by atoms with Crippen LogP contribution in [0.15, 0.2) is 4.52 Å². The zero-order valence-corrected chi connectivity index (χ0v) is 8.33. The van der Waals surface area contributed by atoms with Crippen LogP contribution < -0.4 is 0 Å². The number of nitrogens with zero attached hydrogens (tertiary/aromatic N) is 3. The highest BCUT2D eigenvalue weighted by atomic mass is 19.4. The van der Waals surface area contributed by atoms with Crippen molar-refractivity contribution < 1.29 is 22.4 Å². The van der Waals surface area contributed by atoms with Crippen LogP contribution in [-0.2, 0) is 17.5 Å². The summed E-state index contributed by atoms with van der Waals surface area (Å²) in [5.41, 5.74) is 0. The second-order valence-corrected chi connectivity index (χ2v) is 3.40. The van der Waals surface area contributed by atoms with Crippen LogP contribution in [-0.4, -0.2) is 41.3 Å².